The van der Waals surface area contributed by atoms with Gasteiger partial charge in [-0.2, -0.15) is 4.98 Å². The van der Waals surface area contributed by atoms with Crippen LogP contribution in [0.2, 0.25) is 0 Å². The van der Waals surface area contributed by atoms with Crippen LogP contribution in [0.1, 0.15) is 24.2 Å². The third-order valence-electron chi connectivity index (χ3n) is 5.27. The molecule has 1 aliphatic heterocycles. The minimum atomic E-state index is -0.434. The van der Waals surface area contributed by atoms with Crippen molar-refractivity contribution < 1.29 is 9.63 Å². The zero-order valence-corrected chi connectivity index (χ0v) is 15.4. The van der Waals surface area contributed by atoms with Crippen molar-refractivity contribution >= 4 is 11.0 Å². The molecule has 0 spiro atoms. The molecule has 4 heterocycles. The molecule has 0 amide bonds. The molecule has 1 aromatic carbocycles. The van der Waals surface area contributed by atoms with Crippen molar-refractivity contribution in [1.29, 1.82) is 0 Å². The third kappa shape index (κ3) is 2.96. The van der Waals surface area contributed by atoms with Crippen molar-refractivity contribution in [3.8, 4) is 11.4 Å². The Hall–Kier alpha value is -3.10. The number of para-hydroxylation sites is 2. The predicted molar refractivity (Wildman–Crippen MR) is 102 cm³/mol. The quantitative estimate of drug-likeness (QED) is 0.584. The van der Waals surface area contributed by atoms with E-state index in [9.17, 15) is 5.11 Å². The van der Waals surface area contributed by atoms with Gasteiger partial charge in [0.15, 0.2) is 0 Å². The van der Waals surface area contributed by atoms with Crippen LogP contribution in [-0.4, -0.2) is 47.3 Å². The second kappa shape index (κ2) is 6.81. The van der Waals surface area contributed by atoms with E-state index < -0.39 is 6.10 Å². The smallest absolute Gasteiger partial charge is 0.244 e. The Labute approximate surface area is 161 Å². The highest BCUT2D eigenvalue weighted by Crippen LogP contribution is 2.33. The Morgan fingerprint density at radius 1 is 1.14 bits per heavy atom. The van der Waals surface area contributed by atoms with Gasteiger partial charge < -0.3 is 14.2 Å². The van der Waals surface area contributed by atoms with Gasteiger partial charge in [0, 0.05) is 31.5 Å². The molecule has 142 valence electrons. The molecule has 1 aliphatic rings. The molecule has 1 fully saturated rings. The number of hydrogen-bond donors (Lipinski definition) is 1. The van der Waals surface area contributed by atoms with Gasteiger partial charge >= 0.3 is 0 Å². The number of rotatable bonds is 4. The lowest BCUT2D eigenvalue weighted by Crippen LogP contribution is -2.26. The summed E-state index contributed by atoms with van der Waals surface area (Å²) in [7, 11) is 2.01. The molecule has 3 aromatic heterocycles. The summed E-state index contributed by atoms with van der Waals surface area (Å²) >= 11 is 0. The first kappa shape index (κ1) is 17.0. The van der Waals surface area contributed by atoms with Crippen LogP contribution in [0.4, 0.5) is 0 Å². The van der Waals surface area contributed by atoms with Crippen molar-refractivity contribution in [2.24, 2.45) is 7.05 Å². The van der Waals surface area contributed by atoms with Gasteiger partial charge in [0.2, 0.25) is 11.7 Å². The monoisotopic (exact) mass is 376 g/mol. The Morgan fingerprint density at radius 2 is 1.96 bits per heavy atom. The molecule has 8 nitrogen and oxygen atoms in total. The molecule has 2 atom stereocenters. The van der Waals surface area contributed by atoms with Crippen LogP contribution in [0.5, 0.6) is 0 Å². The van der Waals surface area contributed by atoms with E-state index in [1.807, 2.05) is 37.4 Å². The first-order valence-corrected chi connectivity index (χ1v) is 9.25. The largest absolute Gasteiger partial charge is 0.392 e. The number of imidazole rings is 1. The average molecular weight is 376 g/mol. The van der Waals surface area contributed by atoms with Crippen LogP contribution in [-0.2, 0) is 13.6 Å². The molecule has 8 heteroatoms. The first-order valence-electron chi connectivity index (χ1n) is 9.25. The van der Waals surface area contributed by atoms with Crippen molar-refractivity contribution in [3.05, 3.63) is 60.5 Å². The number of aliphatic hydroxyl groups excluding tert-OH is 1. The van der Waals surface area contributed by atoms with E-state index in [4.69, 9.17) is 9.51 Å². The van der Waals surface area contributed by atoms with Crippen molar-refractivity contribution in [3.63, 3.8) is 0 Å². The minimum absolute atomic E-state index is 0.141. The van der Waals surface area contributed by atoms with Crippen LogP contribution >= 0.6 is 0 Å². The van der Waals surface area contributed by atoms with Gasteiger partial charge in [0.25, 0.3) is 0 Å². The van der Waals surface area contributed by atoms with Gasteiger partial charge in [-0.05, 0) is 30.7 Å². The Bertz CT molecular complexity index is 1110. The zero-order chi connectivity index (χ0) is 19.1. The molecular formula is C20H20N6O2. The summed E-state index contributed by atoms with van der Waals surface area (Å²) in [5.74, 6) is 1.98. The number of nitrogens with zero attached hydrogens (tertiary/aromatic N) is 6. The van der Waals surface area contributed by atoms with Crippen LogP contribution < -0.4 is 0 Å². The maximum absolute atomic E-state index is 10.3. The fourth-order valence-electron chi connectivity index (χ4n) is 3.82. The number of pyridine rings is 1. The summed E-state index contributed by atoms with van der Waals surface area (Å²) in [4.78, 5) is 15.5. The van der Waals surface area contributed by atoms with E-state index in [-0.39, 0.29) is 6.04 Å². The normalized spacial score (nSPS) is 20.2. The van der Waals surface area contributed by atoms with Crippen molar-refractivity contribution in [2.75, 3.05) is 6.54 Å². The topological polar surface area (TPSA) is 93.1 Å². The SMILES string of the molecule is Cn1c(CN2C[C@H](O)C[C@H]2c2nc(-c3ccncc3)no2)nc2ccccc21. The third-order valence-corrected chi connectivity index (χ3v) is 5.27. The van der Waals surface area contributed by atoms with Crippen molar-refractivity contribution in [2.45, 2.75) is 25.1 Å². The van der Waals surface area contributed by atoms with Gasteiger partial charge in [-0.1, -0.05) is 17.3 Å². The van der Waals surface area contributed by atoms with E-state index in [1.54, 1.807) is 12.4 Å². The lowest BCUT2D eigenvalue weighted by molar-refractivity contribution is 0.167. The van der Waals surface area contributed by atoms with E-state index in [2.05, 4.69) is 30.7 Å². The second-order valence-corrected chi connectivity index (χ2v) is 7.10. The van der Waals surface area contributed by atoms with Gasteiger partial charge in [-0.3, -0.25) is 9.88 Å². The second-order valence-electron chi connectivity index (χ2n) is 7.10. The summed E-state index contributed by atoms with van der Waals surface area (Å²) in [6.45, 7) is 1.14. The van der Waals surface area contributed by atoms with E-state index in [0.29, 0.717) is 31.2 Å². The van der Waals surface area contributed by atoms with Crippen LogP contribution in [0.25, 0.3) is 22.4 Å². The van der Waals surface area contributed by atoms with E-state index in [1.165, 1.54) is 0 Å². The van der Waals surface area contributed by atoms with Crippen LogP contribution in [0.15, 0.2) is 53.3 Å². The molecular weight excluding hydrogens is 356 g/mol. The highest BCUT2D eigenvalue weighted by Gasteiger charge is 2.36. The Morgan fingerprint density at radius 3 is 2.79 bits per heavy atom. The highest BCUT2D eigenvalue weighted by molar-refractivity contribution is 5.75. The standard InChI is InChI=1S/C20H20N6O2/c1-25-16-5-3-2-4-15(16)22-18(25)12-26-11-14(27)10-17(26)20-23-19(24-28-20)13-6-8-21-9-7-13/h2-9,14,17,27H,10-12H2,1H3/t14-,17+/m1/s1. The van der Waals surface area contributed by atoms with E-state index >= 15 is 0 Å². The lowest BCUT2D eigenvalue weighted by Gasteiger charge is -2.20. The number of aliphatic hydroxyl groups is 1. The van der Waals surface area contributed by atoms with Gasteiger partial charge in [0.05, 0.1) is 29.7 Å². The van der Waals surface area contributed by atoms with Gasteiger partial charge in [-0.15, -0.1) is 0 Å². The highest BCUT2D eigenvalue weighted by atomic mass is 16.5. The predicted octanol–water partition coefficient (Wildman–Crippen LogP) is 2.33. The molecule has 1 saturated heterocycles. The average Bonchev–Trinajstić information content (AvgIpc) is 3.41. The maximum Gasteiger partial charge on any atom is 0.244 e. The summed E-state index contributed by atoms with van der Waals surface area (Å²) in [6, 6.07) is 11.6. The van der Waals surface area contributed by atoms with Crippen molar-refractivity contribution in [1.82, 2.24) is 29.6 Å². The zero-order valence-electron chi connectivity index (χ0n) is 15.4. The first-order chi connectivity index (χ1) is 13.7. The molecule has 28 heavy (non-hydrogen) atoms. The van der Waals surface area contributed by atoms with E-state index in [0.717, 1.165) is 22.4 Å². The molecule has 0 radical (unpaired) electrons. The van der Waals surface area contributed by atoms with Crippen LogP contribution in [0.3, 0.4) is 0 Å². The number of fused-ring (bicyclic) bond motifs is 1. The minimum Gasteiger partial charge on any atom is -0.392 e. The number of hydrogen-bond acceptors (Lipinski definition) is 7. The molecule has 4 aromatic rings. The molecule has 0 bridgehead atoms. The number of benzene rings is 1. The van der Waals surface area contributed by atoms with Gasteiger partial charge in [0.1, 0.15) is 5.82 Å². The fraction of sp³-hybridized carbons (Fsp3) is 0.300. The molecule has 0 unspecified atom stereocenters. The summed E-state index contributed by atoms with van der Waals surface area (Å²) in [5, 5.41) is 14.4. The number of aryl methyl sites for hydroxylation is 1. The summed E-state index contributed by atoms with van der Waals surface area (Å²) in [5.41, 5.74) is 2.91. The number of aromatic nitrogens is 5. The molecule has 0 saturated carbocycles. The molecule has 0 aliphatic carbocycles. The fourth-order valence-corrected chi connectivity index (χ4v) is 3.82. The summed E-state index contributed by atoms with van der Waals surface area (Å²) in [6.07, 6.45) is 3.52. The van der Waals surface area contributed by atoms with Crippen LogP contribution in [0, 0.1) is 0 Å². The maximum atomic E-state index is 10.3. The molecule has 5 rings (SSSR count). The lowest BCUT2D eigenvalue weighted by atomic mass is 10.2. The molecule has 1 N–H and O–H groups in total. The number of likely N-dealkylation sites (tertiary alicyclic amines) is 1. The van der Waals surface area contributed by atoms with Gasteiger partial charge in [-0.25, -0.2) is 4.98 Å². The Balaban J connectivity index is 1.43. The number of β-amino-alcohol motifs (C(OH)–C–C–N with tert-alkyl or cyclic N) is 1. The Kier molecular flexibility index (Phi) is 4.14. The summed E-state index contributed by atoms with van der Waals surface area (Å²) < 4.78 is 7.64.